The van der Waals surface area contributed by atoms with Crippen LogP contribution in [0.4, 0.5) is 5.69 Å². The summed E-state index contributed by atoms with van der Waals surface area (Å²) in [6.07, 6.45) is 0.679. The number of hydrogen-bond donors (Lipinski definition) is 3. The molecular formula is C11H19N5O2. The van der Waals surface area contributed by atoms with Gasteiger partial charge in [-0.3, -0.25) is 14.3 Å². The Bertz CT molecular complexity index is 453. The van der Waals surface area contributed by atoms with Crippen molar-refractivity contribution in [2.24, 2.45) is 7.05 Å². The molecule has 18 heavy (non-hydrogen) atoms. The number of aromatic nitrogens is 2. The van der Waals surface area contributed by atoms with Crippen LogP contribution >= 0.6 is 0 Å². The van der Waals surface area contributed by atoms with Gasteiger partial charge in [0.2, 0.25) is 5.91 Å². The molecule has 0 aliphatic carbocycles. The molecule has 4 N–H and O–H groups in total. The summed E-state index contributed by atoms with van der Waals surface area (Å²) in [6.45, 7) is 4.09. The molecule has 7 heteroatoms. The summed E-state index contributed by atoms with van der Waals surface area (Å²) in [5.41, 5.74) is 7.34. The molecule has 1 aromatic heterocycles. The number of nitrogens with zero attached hydrogens (tertiary/aromatic N) is 2. The molecule has 0 spiro atoms. The van der Waals surface area contributed by atoms with Gasteiger partial charge in [0.25, 0.3) is 5.91 Å². The Morgan fingerprint density at radius 1 is 1.33 bits per heavy atom. The van der Waals surface area contributed by atoms with E-state index < -0.39 is 0 Å². The predicted octanol–water partition coefficient (Wildman–Crippen LogP) is -0.569. The van der Waals surface area contributed by atoms with E-state index in [0.717, 1.165) is 0 Å². The van der Waals surface area contributed by atoms with Gasteiger partial charge in [-0.2, -0.15) is 5.10 Å². The van der Waals surface area contributed by atoms with Crippen molar-refractivity contribution in [1.82, 2.24) is 20.4 Å². The Labute approximate surface area is 106 Å². The highest BCUT2D eigenvalue weighted by Crippen LogP contribution is 2.16. The van der Waals surface area contributed by atoms with Crippen molar-refractivity contribution in [2.75, 3.05) is 18.8 Å². The van der Waals surface area contributed by atoms with E-state index in [0.29, 0.717) is 36.6 Å². The average molecular weight is 253 g/mol. The molecule has 100 valence electrons. The smallest absolute Gasteiger partial charge is 0.271 e. The third kappa shape index (κ3) is 3.22. The molecule has 0 unspecified atom stereocenters. The maximum absolute atomic E-state index is 11.9. The molecule has 1 rings (SSSR count). The van der Waals surface area contributed by atoms with Crippen LogP contribution in [0.1, 0.15) is 30.0 Å². The highest BCUT2D eigenvalue weighted by molar-refractivity contribution is 5.98. The van der Waals surface area contributed by atoms with Crippen LogP contribution < -0.4 is 16.4 Å². The summed E-state index contributed by atoms with van der Waals surface area (Å²) < 4.78 is 1.47. The van der Waals surface area contributed by atoms with Crippen LogP contribution in [0.15, 0.2) is 0 Å². The molecule has 1 heterocycles. The fourth-order valence-electron chi connectivity index (χ4n) is 1.62. The highest BCUT2D eigenvalue weighted by atomic mass is 16.2. The largest absolute Gasteiger partial charge is 0.395 e. The van der Waals surface area contributed by atoms with Crippen molar-refractivity contribution in [3.8, 4) is 0 Å². The summed E-state index contributed by atoms with van der Waals surface area (Å²) in [6, 6.07) is 0. The minimum Gasteiger partial charge on any atom is -0.395 e. The van der Waals surface area contributed by atoms with Crippen molar-refractivity contribution in [1.29, 1.82) is 0 Å². The predicted molar refractivity (Wildman–Crippen MR) is 68.0 cm³/mol. The van der Waals surface area contributed by atoms with E-state index in [2.05, 4.69) is 15.7 Å². The topological polar surface area (TPSA) is 102 Å². The maximum Gasteiger partial charge on any atom is 0.271 e. The van der Waals surface area contributed by atoms with Gasteiger partial charge in [-0.25, -0.2) is 0 Å². The minimum atomic E-state index is -0.285. The second kappa shape index (κ2) is 6.04. The van der Waals surface area contributed by atoms with Gasteiger partial charge in [0, 0.05) is 27.1 Å². The fraction of sp³-hybridized carbons (Fsp3) is 0.545. The lowest BCUT2D eigenvalue weighted by atomic mass is 10.2. The van der Waals surface area contributed by atoms with Crippen molar-refractivity contribution in [2.45, 2.75) is 20.3 Å². The molecule has 7 nitrogen and oxygen atoms in total. The molecule has 0 radical (unpaired) electrons. The Kier molecular flexibility index (Phi) is 4.70. The summed E-state index contributed by atoms with van der Waals surface area (Å²) in [7, 11) is 1.68. The molecule has 0 atom stereocenters. The third-order valence-electron chi connectivity index (χ3n) is 2.49. The van der Waals surface area contributed by atoms with Crippen molar-refractivity contribution in [3.05, 3.63) is 11.4 Å². The summed E-state index contributed by atoms with van der Waals surface area (Å²) in [4.78, 5) is 22.5. The molecular weight excluding hydrogens is 234 g/mol. The first-order valence-corrected chi connectivity index (χ1v) is 5.81. The number of anilines is 1. The van der Waals surface area contributed by atoms with E-state index in [1.165, 1.54) is 11.6 Å². The fourth-order valence-corrected chi connectivity index (χ4v) is 1.62. The van der Waals surface area contributed by atoms with E-state index in [1.54, 1.807) is 7.05 Å². The molecule has 0 saturated heterocycles. The number of nitrogens with one attached hydrogen (secondary N) is 2. The van der Waals surface area contributed by atoms with E-state index >= 15 is 0 Å². The van der Waals surface area contributed by atoms with E-state index in [-0.39, 0.29) is 11.8 Å². The van der Waals surface area contributed by atoms with Gasteiger partial charge in [-0.15, -0.1) is 0 Å². The van der Waals surface area contributed by atoms with E-state index in [1.807, 2.05) is 6.92 Å². The molecule has 0 aliphatic rings. The van der Waals surface area contributed by atoms with E-state index in [4.69, 9.17) is 5.73 Å². The number of aryl methyl sites for hydroxylation is 2. The van der Waals surface area contributed by atoms with Crippen LogP contribution in [0.25, 0.3) is 0 Å². The quantitative estimate of drug-likeness (QED) is 0.611. The molecule has 0 aliphatic heterocycles. The number of nitrogen functional groups attached to an aromatic ring is 1. The normalized spacial score (nSPS) is 10.2. The Hall–Kier alpha value is -2.05. The zero-order valence-electron chi connectivity index (χ0n) is 10.9. The Morgan fingerprint density at radius 2 is 1.94 bits per heavy atom. The number of carbonyl (C=O) groups is 2. The van der Waals surface area contributed by atoms with Gasteiger partial charge in [-0.05, 0) is 6.42 Å². The standard InChI is InChI=1S/C11H19N5O2/c1-4-8-9(12)10(16(3)15-8)11(18)14-6-5-13-7(2)17/h4-6,12H2,1-3H3,(H,13,17)(H,14,18). The van der Waals surface area contributed by atoms with Gasteiger partial charge in [0.1, 0.15) is 5.69 Å². The Balaban J connectivity index is 2.61. The van der Waals surface area contributed by atoms with Gasteiger partial charge in [0.15, 0.2) is 0 Å². The van der Waals surface area contributed by atoms with Crippen LogP contribution in [0, 0.1) is 0 Å². The lowest BCUT2D eigenvalue weighted by Crippen LogP contribution is -2.34. The van der Waals surface area contributed by atoms with Gasteiger partial charge in [-0.1, -0.05) is 6.92 Å². The number of amides is 2. The number of nitrogens with two attached hydrogens (primary N) is 1. The molecule has 1 aromatic rings. The first kappa shape index (κ1) is 14.0. The second-order valence-electron chi connectivity index (χ2n) is 3.92. The zero-order chi connectivity index (χ0) is 13.7. The first-order chi connectivity index (χ1) is 8.47. The van der Waals surface area contributed by atoms with Crippen molar-refractivity contribution in [3.63, 3.8) is 0 Å². The molecule has 0 aromatic carbocycles. The molecule has 0 saturated carbocycles. The van der Waals surface area contributed by atoms with Crippen LogP contribution in [0.5, 0.6) is 0 Å². The number of carbonyl (C=O) groups excluding carboxylic acids is 2. The highest BCUT2D eigenvalue weighted by Gasteiger charge is 2.18. The summed E-state index contributed by atoms with van der Waals surface area (Å²) in [5.74, 6) is -0.412. The zero-order valence-corrected chi connectivity index (χ0v) is 10.9. The van der Waals surface area contributed by atoms with Crippen LogP contribution in [0.3, 0.4) is 0 Å². The number of rotatable bonds is 5. The van der Waals surface area contributed by atoms with Crippen LogP contribution in [-0.4, -0.2) is 34.7 Å². The van der Waals surface area contributed by atoms with Gasteiger partial charge < -0.3 is 16.4 Å². The van der Waals surface area contributed by atoms with E-state index in [9.17, 15) is 9.59 Å². The molecule has 0 bridgehead atoms. The lowest BCUT2D eigenvalue weighted by Gasteiger charge is -2.06. The Morgan fingerprint density at radius 3 is 2.44 bits per heavy atom. The summed E-state index contributed by atoms with van der Waals surface area (Å²) in [5, 5.41) is 9.44. The maximum atomic E-state index is 11.9. The van der Waals surface area contributed by atoms with Crippen molar-refractivity contribution < 1.29 is 9.59 Å². The molecule has 0 fully saturated rings. The van der Waals surface area contributed by atoms with Gasteiger partial charge >= 0.3 is 0 Å². The van der Waals surface area contributed by atoms with Crippen molar-refractivity contribution >= 4 is 17.5 Å². The second-order valence-corrected chi connectivity index (χ2v) is 3.92. The summed E-state index contributed by atoms with van der Waals surface area (Å²) >= 11 is 0. The number of hydrogen-bond acceptors (Lipinski definition) is 4. The monoisotopic (exact) mass is 253 g/mol. The SMILES string of the molecule is CCc1nn(C)c(C(=O)NCCNC(C)=O)c1N. The molecule has 2 amide bonds. The average Bonchev–Trinajstić information content (AvgIpc) is 2.59. The van der Waals surface area contributed by atoms with Crippen LogP contribution in [-0.2, 0) is 18.3 Å². The van der Waals surface area contributed by atoms with Crippen LogP contribution in [0.2, 0.25) is 0 Å². The lowest BCUT2D eigenvalue weighted by molar-refractivity contribution is -0.118. The third-order valence-corrected chi connectivity index (χ3v) is 2.49. The van der Waals surface area contributed by atoms with Gasteiger partial charge in [0.05, 0.1) is 11.4 Å². The minimum absolute atomic E-state index is 0.127. The first-order valence-electron chi connectivity index (χ1n) is 5.81.